The molecule has 2 rings (SSSR count). The van der Waals surface area contributed by atoms with Crippen molar-refractivity contribution in [3.05, 3.63) is 61.5 Å². The zero-order valence-corrected chi connectivity index (χ0v) is 13.4. The van der Waals surface area contributed by atoms with E-state index in [2.05, 4.69) is 37.2 Å². The molecule has 0 radical (unpaired) electrons. The van der Waals surface area contributed by atoms with Crippen molar-refractivity contribution in [1.29, 1.82) is 0 Å². The Kier molecular flexibility index (Phi) is 4.81. The molecule has 0 aromatic heterocycles. The molecule has 0 aliphatic carbocycles. The van der Waals surface area contributed by atoms with E-state index in [1.807, 2.05) is 12.1 Å². The zero-order valence-electron chi connectivity index (χ0n) is 9.48. The molecule has 0 fully saturated rings. The Balaban J connectivity index is 2.16. The summed E-state index contributed by atoms with van der Waals surface area (Å²) in [5, 5.41) is 3.38. The fourth-order valence-electron chi connectivity index (χ4n) is 1.51. The molecule has 2 aromatic rings. The first-order valence-corrected chi connectivity index (χ1v) is 7.26. The second kappa shape index (κ2) is 6.20. The first-order chi connectivity index (χ1) is 8.97. The van der Waals surface area contributed by atoms with Gasteiger partial charge in [0.1, 0.15) is 11.6 Å². The molecule has 0 spiro atoms. The summed E-state index contributed by atoms with van der Waals surface area (Å²) in [7, 11) is 0. The molecule has 19 heavy (non-hydrogen) atoms. The SMILES string of the molecule is Fc1cc(NCc2ccc(Br)cc2Cl)c(F)cc1Br. The van der Waals surface area contributed by atoms with E-state index in [0.29, 0.717) is 11.6 Å². The lowest BCUT2D eigenvalue weighted by atomic mass is 10.2. The summed E-state index contributed by atoms with van der Waals surface area (Å²) in [6.07, 6.45) is 0. The summed E-state index contributed by atoms with van der Waals surface area (Å²) >= 11 is 12.3. The normalized spacial score (nSPS) is 10.6. The Morgan fingerprint density at radius 1 is 1.05 bits per heavy atom. The fourth-order valence-corrected chi connectivity index (χ4v) is 2.57. The molecule has 100 valence electrons. The Morgan fingerprint density at radius 2 is 1.79 bits per heavy atom. The molecular formula is C13H8Br2ClF2N. The number of halogens is 5. The van der Waals surface area contributed by atoms with Gasteiger partial charge < -0.3 is 5.32 Å². The predicted octanol–water partition coefficient (Wildman–Crippen LogP) is 5.76. The Hall–Kier alpha value is -0.650. The van der Waals surface area contributed by atoms with Crippen LogP contribution in [0.3, 0.4) is 0 Å². The second-order valence-corrected chi connectivity index (χ2v) is 6.01. The van der Waals surface area contributed by atoms with Crippen molar-refractivity contribution in [2.75, 3.05) is 5.32 Å². The predicted molar refractivity (Wildman–Crippen MR) is 80.5 cm³/mol. The molecule has 0 saturated heterocycles. The van der Waals surface area contributed by atoms with Crippen LogP contribution < -0.4 is 5.32 Å². The van der Waals surface area contributed by atoms with Crippen LogP contribution in [0.5, 0.6) is 0 Å². The zero-order chi connectivity index (χ0) is 14.0. The molecule has 6 heteroatoms. The van der Waals surface area contributed by atoms with Gasteiger partial charge >= 0.3 is 0 Å². The van der Waals surface area contributed by atoms with E-state index >= 15 is 0 Å². The van der Waals surface area contributed by atoms with Crippen LogP contribution in [-0.2, 0) is 6.54 Å². The minimum atomic E-state index is -0.526. The van der Waals surface area contributed by atoms with Crippen LogP contribution >= 0.6 is 43.5 Å². The topological polar surface area (TPSA) is 12.0 Å². The highest BCUT2D eigenvalue weighted by atomic mass is 79.9. The number of anilines is 1. The molecule has 2 aromatic carbocycles. The van der Waals surface area contributed by atoms with Crippen molar-refractivity contribution in [2.24, 2.45) is 0 Å². The van der Waals surface area contributed by atoms with E-state index in [1.165, 1.54) is 0 Å². The Bertz CT molecular complexity index is 620. The highest BCUT2D eigenvalue weighted by Gasteiger charge is 2.08. The van der Waals surface area contributed by atoms with Crippen molar-refractivity contribution in [1.82, 2.24) is 0 Å². The summed E-state index contributed by atoms with van der Waals surface area (Å²) in [6.45, 7) is 0.310. The Labute approximate surface area is 131 Å². The van der Waals surface area contributed by atoms with Gasteiger partial charge in [-0.1, -0.05) is 33.6 Å². The van der Waals surface area contributed by atoms with E-state index in [0.717, 1.165) is 22.2 Å². The molecule has 1 nitrogen and oxygen atoms in total. The number of rotatable bonds is 3. The van der Waals surface area contributed by atoms with E-state index in [1.54, 1.807) is 6.07 Å². The minimum Gasteiger partial charge on any atom is -0.378 e. The van der Waals surface area contributed by atoms with Gasteiger partial charge in [-0.15, -0.1) is 0 Å². The molecule has 0 aliphatic heterocycles. The fraction of sp³-hybridized carbons (Fsp3) is 0.0769. The van der Waals surface area contributed by atoms with Crippen molar-refractivity contribution in [3.63, 3.8) is 0 Å². The molecule has 0 aliphatic rings. The molecule has 0 bridgehead atoms. The first kappa shape index (κ1) is 14.8. The van der Waals surface area contributed by atoms with Crippen molar-refractivity contribution < 1.29 is 8.78 Å². The molecule has 0 unspecified atom stereocenters. The molecular weight excluding hydrogens is 403 g/mol. The lowest BCUT2D eigenvalue weighted by Crippen LogP contribution is -2.03. The van der Waals surface area contributed by atoms with Gasteiger partial charge in [-0.05, 0) is 39.7 Å². The molecule has 0 amide bonds. The highest BCUT2D eigenvalue weighted by molar-refractivity contribution is 9.10. The maximum atomic E-state index is 13.6. The van der Waals surface area contributed by atoms with E-state index in [4.69, 9.17) is 11.6 Å². The maximum Gasteiger partial charge on any atom is 0.147 e. The summed E-state index contributed by atoms with van der Waals surface area (Å²) in [5.41, 5.74) is 0.896. The van der Waals surface area contributed by atoms with Gasteiger partial charge in [-0.2, -0.15) is 0 Å². The molecule has 0 saturated carbocycles. The third-order valence-corrected chi connectivity index (χ3v) is 3.95. The van der Waals surface area contributed by atoms with E-state index in [-0.39, 0.29) is 10.2 Å². The number of hydrogen-bond acceptors (Lipinski definition) is 1. The standard InChI is InChI=1S/C13H8Br2ClF2N/c14-8-2-1-7(10(16)3-8)6-19-13-5-11(17)9(15)4-12(13)18/h1-5,19H,6H2. The van der Waals surface area contributed by atoms with E-state index < -0.39 is 11.6 Å². The Morgan fingerprint density at radius 3 is 2.47 bits per heavy atom. The van der Waals surface area contributed by atoms with Gasteiger partial charge in [-0.3, -0.25) is 0 Å². The summed E-state index contributed by atoms with van der Waals surface area (Å²) in [6, 6.07) is 7.58. The average Bonchev–Trinajstić information content (AvgIpc) is 2.34. The van der Waals surface area contributed by atoms with Crippen LogP contribution in [0.4, 0.5) is 14.5 Å². The second-order valence-electron chi connectivity index (χ2n) is 3.84. The lowest BCUT2D eigenvalue weighted by Gasteiger charge is -2.10. The smallest absolute Gasteiger partial charge is 0.147 e. The third-order valence-electron chi connectivity index (χ3n) is 2.49. The summed E-state index contributed by atoms with van der Waals surface area (Å²) in [5.74, 6) is -1.05. The molecule has 1 N–H and O–H groups in total. The van der Waals surface area contributed by atoms with Crippen molar-refractivity contribution in [2.45, 2.75) is 6.54 Å². The maximum absolute atomic E-state index is 13.6. The lowest BCUT2D eigenvalue weighted by molar-refractivity contribution is 0.596. The monoisotopic (exact) mass is 409 g/mol. The largest absolute Gasteiger partial charge is 0.378 e. The van der Waals surface area contributed by atoms with Crippen molar-refractivity contribution >= 4 is 49.1 Å². The summed E-state index contributed by atoms with van der Waals surface area (Å²) < 4.78 is 27.9. The van der Waals surface area contributed by atoms with Gasteiger partial charge in [-0.25, -0.2) is 8.78 Å². The highest BCUT2D eigenvalue weighted by Crippen LogP contribution is 2.25. The average molecular weight is 411 g/mol. The number of hydrogen-bond donors (Lipinski definition) is 1. The van der Waals surface area contributed by atoms with Crippen LogP contribution in [0.1, 0.15) is 5.56 Å². The number of nitrogens with one attached hydrogen (secondary N) is 1. The van der Waals surface area contributed by atoms with Crippen LogP contribution in [0.2, 0.25) is 5.02 Å². The van der Waals surface area contributed by atoms with Crippen LogP contribution in [0, 0.1) is 11.6 Å². The van der Waals surface area contributed by atoms with Gasteiger partial charge in [0.05, 0.1) is 10.2 Å². The quantitative estimate of drug-likeness (QED) is 0.634. The first-order valence-electron chi connectivity index (χ1n) is 5.29. The van der Waals surface area contributed by atoms with Crippen molar-refractivity contribution in [3.8, 4) is 0 Å². The van der Waals surface area contributed by atoms with Gasteiger partial charge in [0.15, 0.2) is 0 Å². The van der Waals surface area contributed by atoms with Gasteiger partial charge in [0.25, 0.3) is 0 Å². The minimum absolute atomic E-state index is 0.0947. The number of benzene rings is 2. The van der Waals surface area contributed by atoms with Gasteiger partial charge in [0, 0.05) is 22.1 Å². The summed E-state index contributed by atoms with van der Waals surface area (Å²) in [4.78, 5) is 0. The van der Waals surface area contributed by atoms with Gasteiger partial charge in [0.2, 0.25) is 0 Å². The third kappa shape index (κ3) is 3.68. The molecule has 0 atom stereocenters. The van der Waals surface area contributed by atoms with Crippen LogP contribution in [0.15, 0.2) is 39.3 Å². The van der Waals surface area contributed by atoms with Crippen LogP contribution in [-0.4, -0.2) is 0 Å². The van der Waals surface area contributed by atoms with E-state index in [9.17, 15) is 8.78 Å². The van der Waals surface area contributed by atoms with Crippen LogP contribution in [0.25, 0.3) is 0 Å². The molecule has 0 heterocycles.